The molecular formula is C19H20F3N3O. The Hall–Kier alpha value is -2.49. The molecule has 1 heterocycles. The van der Waals surface area contributed by atoms with E-state index < -0.39 is 11.7 Å². The normalized spacial score (nSPS) is 20.6. The first-order chi connectivity index (χ1) is 12.4. The van der Waals surface area contributed by atoms with Crippen molar-refractivity contribution in [3.8, 4) is 18.1 Å². The van der Waals surface area contributed by atoms with Crippen molar-refractivity contribution in [3.63, 3.8) is 0 Å². The van der Waals surface area contributed by atoms with E-state index in [0.29, 0.717) is 17.7 Å². The minimum atomic E-state index is -4.39. The van der Waals surface area contributed by atoms with Gasteiger partial charge in [-0.1, -0.05) is 6.07 Å². The Morgan fingerprint density at radius 2 is 1.96 bits per heavy atom. The predicted molar refractivity (Wildman–Crippen MR) is 90.3 cm³/mol. The minimum absolute atomic E-state index is 0.0600. The molecule has 1 aromatic heterocycles. The SMILES string of the molecule is C#C[C@H]1CC[C@H](c2nnc(COc3cccc(C(F)(F)F)c3)n2C)CC1. The van der Waals surface area contributed by atoms with Crippen LogP contribution in [0.1, 0.15) is 48.8 Å². The molecule has 1 saturated carbocycles. The number of halogens is 3. The van der Waals surface area contributed by atoms with Gasteiger partial charge in [0.15, 0.2) is 5.82 Å². The van der Waals surface area contributed by atoms with Crippen molar-refractivity contribution in [2.75, 3.05) is 0 Å². The summed E-state index contributed by atoms with van der Waals surface area (Å²) in [5.74, 6) is 5.06. The number of alkyl halides is 3. The van der Waals surface area contributed by atoms with Crippen molar-refractivity contribution in [1.82, 2.24) is 14.8 Å². The molecule has 0 radical (unpaired) electrons. The highest BCUT2D eigenvalue weighted by molar-refractivity contribution is 5.30. The van der Waals surface area contributed by atoms with Gasteiger partial charge in [-0.2, -0.15) is 13.2 Å². The Labute approximate surface area is 150 Å². The second-order valence-corrected chi connectivity index (χ2v) is 6.56. The fourth-order valence-electron chi connectivity index (χ4n) is 3.28. The Balaban J connectivity index is 1.65. The van der Waals surface area contributed by atoms with Crippen molar-refractivity contribution in [2.24, 2.45) is 13.0 Å². The van der Waals surface area contributed by atoms with E-state index >= 15 is 0 Å². The molecule has 0 N–H and O–H groups in total. The average Bonchev–Trinajstić information content (AvgIpc) is 3.00. The lowest BCUT2D eigenvalue weighted by molar-refractivity contribution is -0.137. The zero-order valence-electron chi connectivity index (χ0n) is 14.5. The lowest BCUT2D eigenvalue weighted by Crippen LogP contribution is -2.16. The van der Waals surface area contributed by atoms with Gasteiger partial charge in [0.25, 0.3) is 0 Å². The lowest BCUT2D eigenvalue weighted by Gasteiger charge is -2.24. The number of ether oxygens (including phenoxy) is 1. The molecule has 1 aliphatic rings. The van der Waals surface area contributed by atoms with Gasteiger partial charge in [-0.25, -0.2) is 0 Å². The molecule has 0 atom stereocenters. The molecule has 138 valence electrons. The van der Waals surface area contributed by atoms with Crippen LogP contribution in [-0.2, 0) is 19.8 Å². The van der Waals surface area contributed by atoms with Crippen LogP contribution in [0.4, 0.5) is 13.2 Å². The van der Waals surface area contributed by atoms with Gasteiger partial charge in [0.05, 0.1) is 5.56 Å². The largest absolute Gasteiger partial charge is 0.486 e. The van der Waals surface area contributed by atoms with E-state index in [1.165, 1.54) is 12.1 Å². The molecule has 0 saturated heterocycles. The molecule has 26 heavy (non-hydrogen) atoms. The van der Waals surface area contributed by atoms with Gasteiger partial charge in [-0.15, -0.1) is 22.5 Å². The van der Waals surface area contributed by atoms with Crippen LogP contribution in [0.5, 0.6) is 5.75 Å². The van der Waals surface area contributed by atoms with Gasteiger partial charge in [-0.3, -0.25) is 0 Å². The predicted octanol–water partition coefficient (Wildman–Crippen LogP) is 4.32. The molecule has 1 aromatic carbocycles. The van der Waals surface area contributed by atoms with Gasteiger partial charge in [0.2, 0.25) is 0 Å². The van der Waals surface area contributed by atoms with E-state index in [0.717, 1.165) is 43.6 Å². The van der Waals surface area contributed by atoms with Crippen LogP contribution in [0, 0.1) is 18.3 Å². The average molecular weight is 363 g/mol. The molecule has 3 rings (SSSR count). The number of hydrogen-bond donors (Lipinski definition) is 0. The van der Waals surface area contributed by atoms with Crippen molar-refractivity contribution < 1.29 is 17.9 Å². The Bertz CT molecular complexity index is 799. The number of terminal acetylenes is 1. The Morgan fingerprint density at radius 1 is 1.23 bits per heavy atom. The third kappa shape index (κ3) is 4.01. The first-order valence-electron chi connectivity index (χ1n) is 8.53. The number of nitrogens with zero attached hydrogens (tertiary/aromatic N) is 3. The first kappa shape index (κ1) is 18.3. The van der Waals surface area contributed by atoms with E-state index in [9.17, 15) is 13.2 Å². The second kappa shape index (κ2) is 7.40. The molecule has 0 aliphatic heterocycles. The molecule has 7 heteroatoms. The van der Waals surface area contributed by atoms with Gasteiger partial charge in [0, 0.05) is 18.9 Å². The second-order valence-electron chi connectivity index (χ2n) is 6.56. The van der Waals surface area contributed by atoms with Crippen molar-refractivity contribution >= 4 is 0 Å². The fourth-order valence-corrected chi connectivity index (χ4v) is 3.28. The molecule has 0 unspecified atom stereocenters. The quantitative estimate of drug-likeness (QED) is 0.760. The Morgan fingerprint density at radius 3 is 2.62 bits per heavy atom. The van der Waals surface area contributed by atoms with E-state index in [1.54, 1.807) is 0 Å². The zero-order valence-corrected chi connectivity index (χ0v) is 14.5. The summed E-state index contributed by atoms with van der Waals surface area (Å²) in [4.78, 5) is 0. The van der Waals surface area contributed by atoms with E-state index in [1.807, 2.05) is 11.6 Å². The third-order valence-corrected chi connectivity index (χ3v) is 4.86. The van der Waals surface area contributed by atoms with Crippen LogP contribution in [-0.4, -0.2) is 14.8 Å². The Kier molecular flexibility index (Phi) is 5.21. The molecule has 1 fully saturated rings. The molecule has 0 amide bonds. The number of benzene rings is 1. The van der Waals surface area contributed by atoms with Crippen LogP contribution >= 0.6 is 0 Å². The maximum Gasteiger partial charge on any atom is 0.416 e. The van der Waals surface area contributed by atoms with Gasteiger partial charge >= 0.3 is 6.18 Å². The van der Waals surface area contributed by atoms with Gasteiger partial charge < -0.3 is 9.30 Å². The molecule has 0 bridgehead atoms. The van der Waals surface area contributed by atoms with Crippen LogP contribution in [0.3, 0.4) is 0 Å². The zero-order chi connectivity index (χ0) is 18.7. The summed E-state index contributed by atoms with van der Waals surface area (Å²) in [6.45, 7) is 0.0600. The number of aromatic nitrogens is 3. The summed E-state index contributed by atoms with van der Waals surface area (Å²) in [5, 5.41) is 8.40. The van der Waals surface area contributed by atoms with Crippen molar-refractivity contribution in [3.05, 3.63) is 41.5 Å². The standard InChI is InChI=1S/C19H20F3N3O/c1-3-13-7-9-14(10-8-13)18-24-23-17(25(18)2)12-26-16-6-4-5-15(11-16)19(20,21)22/h1,4-6,11,13-14H,7-10,12H2,2H3/t13-,14-. The summed E-state index contributed by atoms with van der Waals surface area (Å²) in [6.07, 6.45) is 4.98. The fraction of sp³-hybridized carbons (Fsp3) is 0.474. The molecule has 0 spiro atoms. The topological polar surface area (TPSA) is 39.9 Å². The van der Waals surface area contributed by atoms with Gasteiger partial charge in [-0.05, 0) is 43.9 Å². The summed E-state index contributed by atoms with van der Waals surface area (Å²) in [5.41, 5.74) is -0.737. The van der Waals surface area contributed by atoms with Crippen LogP contribution in [0.15, 0.2) is 24.3 Å². The van der Waals surface area contributed by atoms with Crippen LogP contribution < -0.4 is 4.74 Å². The summed E-state index contributed by atoms with van der Waals surface area (Å²) < 4.78 is 45.7. The number of rotatable bonds is 4. The van der Waals surface area contributed by atoms with E-state index in [-0.39, 0.29) is 12.4 Å². The minimum Gasteiger partial charge on any atom is -0.486 e. The highest BCUT2D eigenvalue weighted by Gasteiger charge is 2.30. The summed E-state index contributed by atoms with van der Waals surface area (Å²) in [6, 6.07) is 4.82. The first-order valence-corrected chi connectivity index (χ1v) is 8.53. The highest BCUT2D eigenvalue weighted by Crippen LogP contribution is 2.35. The third-order valence-electron chi connectivity index (χ3n) is 4.86. The molecule has 4 nitrogen and oxygen atoms in total. The maximum atomic E-state index is 12.8. The van der Waals surface area contributed by atoms with Gasteiger partial charge in [0.1, 0.15) is 18.2 Å². The lowest BCUT2D eigenvalue weighted by atomic mass is 9.82. The molecular weight excluding hydrogens is 343 g/mol. The van der Waals surface area contributed by atoms with Crippen molar-refractivity contribution in [2.45, 2.75) is 44.4 Å². The maximum absolute atomic E-state index is 12.8. The van der Waals surface area contributed by atoms with Crippen molar-refractivity contribution in [1.29, 1.82) is 0 Å². The smallest absolute Gasteiger partial charge is 0.416 e. The summed E-state index contributed by atoms with van der Waals surface area (Å²) in [7, 11) is 1.85. The van der Waals surface area contributed by atoms with E-state index in [2.05, 4.69) is 16.1 Å². The monoisotopic (exact) mass is 363 g/mol. The number of hydrogen-bond acceptors (Lipinski definition) is 3. The van der Waals surface area contributed by atoms with E-state index in [4.69, 9.17) is 11.2 Å². The summed E-state index contributed by atoms with van der Waals surface area (Å²) >= 11 is 0. The van der Waals surface area contributed by atoms with Crippen LogP contribution in [0.25, 0.3) is 0 Å². The molecule has 2 aromatic rings. The molecule has 1 aliphatic carbocycles. The highest BCUT2D eigenvalue weighted by atomic mass is 19.4. The van der Waals surface area contributed by atoms with Crippen LogP contribution in [0.2, 0.25) is 0 Å².